The lowest BCUT2D eigenvalue weighted by Gasteiger charge is -2.17. The fourth-order valence-electron chi connectivity index (χ4n) is 3.04. The molecule has 1 aliphatic rings. The number of aryl methyl sites for hydroxylation is 1. The molecular weight excluding hydrogens is 381 g/mol. The third-order valence-electron chi connectivity index (χ3n) is 4.47. The number of carbonyl (C=O) groups is 2. The van der Waals surface area contributed by atoms with Gasteiger partial charge in [0.2, 0.25) is 16.9 Å². The Morgan fingerprint density at radius 2 is 2.21 bits per heavy atom. The van der Waals surface area contributed by atoms with E-state index in [1.54, 1.807) is 37.5 Å². The molecular formula is C19H16FN5O2S. The Morgan fingerprint density at radius 3 is 2.96 bits per heavy atom. The van der Waals surface area contributed by atoms with Crippen LogP contribution in [0.5, 0.6) is 0 Å². The number of carbonyl (C=O) groups excluding carboxylic acids is 2. The summed E-state index contributed by atoms with van der Waals surface area (Å²) in [5, 5.41) is 3.05. The van der Waals surface area contributed by atoms with E-state index < -0.39 is 11.7 Å². The van der Waals surface area contributed by atoms with Crippen LogP contribution in [0.4, 0.5) is 15.2 Å². The zero-order valence-electron chi connectivity index (χ0n) is 14.9. The van der Waals surface area contributed by atoms with Gasteiger partial charge in [0.1, 0.15) is 5.82 Å². The summed E-state index contributed by atoms with van der Waals surface area (Å²) < 4.78 is 18.4. The first kappa shape index (κ1) is 18.2. The summed E-state index contributed by atoms with van der Waals surface area (Å²) in [5.74, 6) is -1.20. The molecule has 142 valence electrons. The Bertz CT molecular complexity index is 1040. The van der Waals surface area contributed by atoms with Crippen molar-refractivity contribution in [1.29, 1.82) is 0 Å². The van der Waals surface area contributed by atoms with Gasteiger partial charge in [-0.25, -0.2) is 4.39 Å². The van der Waals surface area contributed by atoms with Crippen LogP contribution in [0.1, 0.15) is 12.0 Å². The van der Waals surface area contributed by atoms with E-state index in [4.69, 9.17) is 0 Å². The van der Waals surface area contributed by atoms with E-state index in [0.29, 0.717) is 11.0 Å². The molecule has 1 atom stereocenters. The van der Waals surface area contributed by atoms with Crippen LogP contribution in [0.3, 0.4) is 0 Å². The second kappa shape index (κ2) is 7.43. The zero-order valence-corrected chi connectivity index (χ0v) is 15.7. The maximum absolute atomic E-state index is 14.2. The molecule has 9 heteroatoms. The molecule has 1 aliphatic heterocycles. The van der Waals surface area contributed by atoms with Crippen molar-refractivity contribution in [3.63, 3.8) is 0 Å². The van der Waals surface area contributed by atoms with Crippen molar-refractivity contribution in [2.75, 3.05) is 16.8 Å². The van der Waals surface area contributed by atoms with Crippen LogP contribution in [-0.4, -0.2) is 32.7 Å². The van der Waals surface area contributed by atoms with Crippen LogP contribution in [0.15, 0.2) is 42.7 Å². The van der Waals surface area contributed by atoms with Gasteiger partial charge in [-0.1, -0.05) is 6.07 Å². The number of rotatable bonds is 4. The Morgan fingerprint density at radius 1 is 1.36 bits per heavy atom. The number of pyridine rings is 1. The topological polar surface area (TPSA) is 88.1 Å². The average molecular weight is 397 g/mol. The molecule has 7 nitrogen and oxygen atoms in total. The van der Waals surface area contributed by atoms with Crippen LogP contribution in [0.25, 0.3) is 11.4 Å². The second-order valence-electron chi connectivity index (χ2n) is 6.51. The minimum Gasteiger partial charge on any atom is -0.309 e. The Kier molecular flexibility index (Phi) is 4.82. The van der Waals surface area contributed by atoms with E-state index in [1.165, 1.54) is 11.0 Å². The predicted molar refractivity (Wildman–Crippen MR) is 103 cm³/mol. The molecule has 0 radical (unpaired) electrons. The fourth-order valence-corrected chi connectivity index (χ4v) is 3.63. The summed E-state index contributed by atoms with van der Waals surface area (Å²) in [6.45, 7) is 1.90. The molecule has 3 aromatic rings. The van der Waals surface area contributed by atoms with Gasteiger partial charge in [0.05, 0.1) is 11.6 Å². The number of halogens is 1. The third-order valence-corrected chi connectivity index (χ3v) is 5.10. The summed E-state index contributed by atoms with van der Waals surface area (Å²) in [6.07, 6.45) is 3.31. The van der Waals surface area contributed by atoms with E-state index in [2.05, 4.69) is 19.7 Å². The highest BCUT2D eigenvalue weighted by atomic mass is 32.1. The highest BCUT2D eigenvalue weighted by Crippen LogP contribution is 2.29. The van der Waals surface area contributed by atoms with Gasteiger partial charge in [0, 0.05) is 42.5 Å². The highest BCUT2D eigenvalue weighted by molar-refractivity contribution is 7.10. The smallest absolute Gasteiger partial charge is 0.231 e. The summed E-state index contributed by atoms with van der Waals surface area (Å²) in [5.41, 5.74) is 1.71. The molecule has 3 heterocycles. The number of benzene rings is 1. The number of aromatic nitrogens is 3. The zero-order chi connectivity index (χ0) is 19.7. The van der Waals surface area contributed by atoms with Gasteiger partial charge in [-0.05, 0) is 36.8 Å². The molecule has 1 saturated heterocycles. The number of anilines is 2. The Labute approximate surface area is 164 Å². The largest absolute Gasteiger partial charge is 0.309 e. The van der Waals surface area contributed by atoms with Gasteiger partial charge >= 0.3 is 0 Å². The van der Waals surface area contributed by atoms with Crippen LogP contribution >= 0.6 is 11.5 Å². The maximum Gasteiger partial charge on any atom is 0.231 e. The first-order valence-corrected chi connectivity index (χ1v) is 9.40. The van der Waals surface area contributed by atoms with Crippen molar-refractivity contribution in [2.45, 2.75) is 13.3 Å². The highest BCUT2D eigenvalue weighted by Gasteiger charge is 2.36. The van der Waals surface area contributed by atoms with Gasteiger partial charge < -0.3 is 10.2 Å². The number of nitrogens with one attached hydrogen (secondary N) is 1. The standard InChI is InChI=1S/C19H16FN5O2S/c1-11-4-5-15(14(20)7-11)25-10-13(8-16(25)26)18(27)23-19-22-17(24-28-19)12-3-2-6-21-9-12/h2-7,9,13H,8,10H2,1H3,(H,22,23,24,27)/t13-/m1/s1. The van der Waals surface area contributed by atoms with Crippen LogP contribution in [0, 0.1) is 18.7 Å². The van der Waals surface area contributed by atoms with Gasteiger partial charge in [0.25, 0.3) is 0 Å². The molecule has 0 spiro atoms. The number of hydrogen-bond acceptors (Lipinski definition) is 6. The van der Waals surface area contributed by atoms with Crippen molar-refractivity contribution in [3.8, 4) is 11.4 Å². The van der Waals surface area contributed by atoms with E-state index in [-0.39, 0.29) is 30.5 Å². The average Bonchev–Trinajstić information content (AvgIpc) is 3.29. The molecule has 0 saturated carbocycles. The molecule has 1 fully saturated rings. The van der Waals surface area contributed by atoms with Crippen LogP contribution < -0.4 is 10.2 Å². The summed E-state index contributed by atoms with van der Waals surface area (Å²) in [7, 11) is 0. The molecule has 4 rings (SSSR count). The quantitative estimate of drug-likeness (QED) is 0.731. The second-order valence-corrected chi connectivity index (χ2v) is 7.27. The van der Waals surface area contributed by atoms with Crippen molar-refractivity contribution in [3.05, 3.63) is 54.1 Å². The summed E-state index contributed by atoms with van der Waals surface area (Å²) >= 11 is 1.05. The first-order chi connectivity index (χ1) is 13.5. The number of nitrogens with zero attached hydrogens (tertiary/aromatic N) is 4. The monoisotopic (exact) mass is 397 g/mol. The fraction of sp³-hybridized carbons (Fsp3) is 0.211. The molecule has 28 heavy (non-hydrogen) atoms. The van der Waals surface area contributed by atoms with E-state index in [0.717, 1.165) is 22.7 Å². The predicted octanol–water partition coefficient (Wildman–Crippen LogP) is 3.04. The van der Waals surface area contributed by atoms with Crippen LogP contribution in [0.2, 0.25) is 0 Å². The van der Waals surface area contributed by atoms with E-state index in [1.807, 2.05) is 6.07 Å². The molecule has 0 bridgehead atoms. The van der Waals surface area contributed by atoms with Gasteiger partial charge in [0.15, 0.2) is 5.82 Å². The van der Waals surface area contributed by atoms with Gasteiger partial charge in [-0.15, -0.1) is 0 Å². The molecule has 2 aromatic heterocycles. The minimum atomic E-state index is -0.584. The summed E-state index contributed by atoms with van der Waals surface area (Å²) in [6, 6.07) is 8.27. The Hall–Kier alpha value is -3.20. The van der Waals surface area contributed by atoms with E-state index >= 15 is 0 Å². The van der Waals surface area contributed by atoms with Crippen LogP contribution in [-0.2, 0) is 9.59 Å². The minimum absolute atomic E-state index is 0.0212. The van der Waals surface area contributed by atoms with Crippen molar-refractivity contribution in [2.24, 2.45) is 5.92 Å². The molecule has 0 unspecified atom stereocenters. The lowest BCUT2D eigenvalue weighted by Crippen LogP contribution is -2.28. The lowest BCUT2D eigenvalue weighted by atomic mass is 10.1. The third kappa shape index (κ3) is 3.61. The normalized spacial score (nSPS) is 16.4. The van der Waals surface area contributed by atoms with E-state index in [9.17, 15) is 14.0 Å². The number of hydrogen-bond donors (Lipinski definition) is 1. The maximum atomic E-state index is 14.2. The molecule has 2 amide bonds. The SMILES string of the molecule is Cc1ccc(N2C[C@H](C(=O)Nc3nc(-c4cccnc4)ns3)CC2=O)c(F)c1. The number of amides is 2. The van der Waals surface area contributed by atoms with Crippen molar-refractivity contribution in [1.82, 2.24) is 14.3 Å². The van der Waals surface area contributed by atoms with Crippen molar-refractivity contribution >= 4 is 34.2 Å². The molecule has 1 N–H and O–H groups in total. The lowest BCUT2D eigenvalue weighted by molar-refractivity contribution is -0.122. The van der Waals surface area contributed by atoms with Gasteiger partial charge in [-0.3, -0.25) is 14.6 Å². The van der Waals surface area contributed by atoms with Crippen molar-refractivity contribution < 1.29 is 14.0 Å². The van der Waals surface area contributed by atoms with Gasteiger partial charge in [-0.2, -0.15) is 9.36 Å². The summed E-state index contributed by atoms with van der Waals surface area (Å²) in [4.78, 5) is 34.5. The Balaban J connectivity index is 1.45. The molecule has 1 aromatic carbocycles. The molecule has 0 aliphatic carbocycles. The first-order valence-electron chi connectivity index (χ1n) is 8.63.